The van der Waals surface area contributed by atoms with Crippen molar-refractivity contribution in [1.82, 2.24) is 9.80 Å². The van der Waals surface area contributed by atoms with Gasteiger partial charge in [-0.15, -0.1) is 0 Å². The first-order chi connectivity index (χ1) is 11.4. The van der Waals surface area contributed by atoms with Gasteiger partial charge >= 0.3 is 0 Å². The van der Waals surface area contributed by atoms with Crippen molar-refractivity contribution >= 4 is 23.0 Å². The van der Waals surface area contributed by atoms with Crippen molar-refractivity contribution in [2.75, 3.05) is 32.5 Å². The molecule has 4 nitrogen and oxygen atoms in total. The molecule has 0 aliphatic carbocycles. The fourth-order valence-electron chi connectivity index (χ4n) is 2.28. The van der Waals surface area contributed by atoms with E-state index >= 15 is 0 Å². The lowest BCUT2D eigenvalue weighted by Crippen LogP contribution is -2.40. The number of rotatable bonds is 6. The summed E-state index contributed by atoms with van der Waals surface area (Å²) in [6.45, 7) is 3.37. The first kappa shape index (κ1) is 18.4. The summed E-state index contributed by atoms with van der Waals surface area (Å²) in [7, 11) is 3.93. The van der Waals surface area contributed by atoms with Gasteiger partial charge in [-0.3, -0.25) is 0 Å². The molecule has 130 valence electrons. The largest absolute Gasteiger partial charge is 0.467 e. The van der Waals surface area contributed by atoms with E-state index in [0.29, 0.717) is 11.7 Å². The Bertz CT molecular complexity index is 656. The van der Waals surface area contributed by atoms with Gasteiger partial charge < -0.3 is 19.5 Å². The van der Waals surface area contributed by atoms with Crippen molar-refractivity contribution in [1.29, 1.82) is 0 Å². The van der Waals surface area contributed by atoms with Gasteiger partial charge in [0.25, 0.3) is 0 Å². The molecule has 0 aliphatic rings. The van der Waals surface area contributed by atoms with Crippen LogP contribution in [0.1, 0.15) is 18.7 Å². The van der Waals surface area contributed by atoms with Gasteiger partial charge in [0, 0.05) is 24.8 Å². The van der Waals surface area contributed by atoms with E-state index in [0.717, 1.165) is 18.4 Å². The minimum absolute atomic E-state index is 0.113. The molecule has 0 aliphatic heterocycles. The van der Waals surface area contributed by atoms with E-state index in [9.17, 15) is 8.78 Å². The number of benzene rings is 1. The number of furan rings is 1. The highest BCUT2D eigenvalue weighted by molar-refractivity contribution is 7.80. The first-order valence-corrected chi connectivity index (χ1v) is 7.99. The quantitative estimate of drug-likeness (QED) is 0.797. The van der Waals surface area contributed by atoms with E-state index < -0.39 is 11.6 Å². The van der Waals surface area contributed by atoms with Crippen LogP contribution >= 0.6 is 12.2 Å². The zero-order valence-electron chi connectivity index (χ0n) is 13.9. The van der Waals surface area contributed by atoms with Gasteiger partial charge in [0.2, 0.25) is 0 Å². The second-order valence-electron chi connectivity index (χ2n) is 5.78. The van der Waals surface area contributed by atoms with Crippen LogP contribution in [0, 0.1) is 11.6 Å². The van der Waals surface area contributed by atoms with Crippen LogP contribution in [-0.2, 0) is 0 Å². The Labute approximate surface area is 146 Å². The number of likely N-dealkylation sites (N-methyl/N-ethyl adjacent to an activating group) is 1. The van der Waals surface area contributed by atoms with E-state index in [1.54, 1.807) is 6.26 Å². The first-order valence-electron chi connectivity index (χ1n) is 7.58. The normalized spacial score (nSPS) is 12.2. The third-order valence-corrected chi connectivity index (χ3v) is 3.92. The van der Waals surface area contributed by atoms with E-state index in [-0.39, 0.29) is 11.7 Å². The molecule has 24 heavy (non-hydrogen) atoms. The van der Waals surface area contributed by atoms with Gasteiger partial charge in [-0.2, -0.15) is 0 Å². The van der Waals surface area contributed by atoms with Crippen molar-refractivity contribution in [2.24, 2.45) is 0 Å². The molecule has 7 heteroatoms. The minimum Gasteiger partial charge on any atom is -0.467 e. The van der Waals surface area contributed by atoms with Crippen molar-refractivity contribution < 1.29 is 13.2 Å². The maximum Gasteiger partial charge on any atom is 0.174 e. The molecule has 1 atom stereocenters. The molecule has 1 aromatic heterocycles. The fourth-order valence-corrected chi connectivity index (χ4v) is 2.65. The van der Waals surface area contributed by atoms with Gasteiger partial charge in [0.15, 0.2) is 5.11 Å². The minimum atomic E-state index is -0.653. The number of nitrogens with zero attached hydrogens (tertiary/aromatic N) is 2. The molecular weight excluding hydrogens is 332 g/mol. The van der Waals surface area contributed by atoms with Crippen LogP contribution in [0.2, 0.25) is 0 Å². The highest BCUT2D eigenvalue weighted by atomic mass is 32.1. The summed E-state index contributed by atoms with van der Waals surface area (Å²) in [5, 5.41) is 3.29. The second kappa shape index (κ2) is 8.21. The third-order valence-electron chi connectivity index (χ3n) is 3.59. The van der Waals surface area contributed by atoms with Crippen molar-refractivity contribution in [3.05, 3.63) is 54.0 Å². The molecule has 0 saturated carbocycles. The lowest BCUT2D eigenvalue weighted by molar-refractivity contribution is 0.263. The average Bonchev–Trinajstić information content (AvgIpc) is 2.99. The Morgan fingerprint density at radius 3 is 2.42 bits per heavy atom. The monoisotopic (exact) mass is 353 g/mol. The predicted molar refractivity (Wildman–Crippen MR) is 95.0 cm³/mol. The zero-order valence-corrected chi connectivity index (χ0v) is 14.7. The molecule has 2 aromatic rings. The van der Waals surface area contributed by atoms with E-state index in [4.69, 9.17) is 16.6 Å². The average molecular weight is 353 g/mol. The lowest BCUT2D eigenvalue weighted by Gasteiger charge is -2.31. The highest BCUT2D eigenvalue weighted by Crippen LogP contribution is 2.22. The molecule has 0 fully saturated rings. The molecule has 1 N–H and O–H groups in total. The van der Waals surface area contributed by atoms with Crippen LogP contribution in [0.3, 0.4) is 0 Å². The number of nitrogens with one attached hydrogen (secondary N) is 1. The van der Waals surface area contributed by atoms with Gasteiger partial charge in [-0.25, -0.2) is 8.78 Å². The summed E-state index contributed by atoms with van der Waals surface area (Å²) in [5.74, 6) is -0.540. The van der Waals surface area contributed by atoms with Crippen LogP contribution in [0.15, 0.2) is 41.0 Å². The van der Waals surface area contributed by atoms with Crippen LogP contribution in [0.4, 0.5) is 14.5 Å². The van der Waals surface area contributed by atoms with Gasteiger partial charge in [0.1, 0.15) is 17.4 Å². The molecular formula is C17H21F2N3OS. The maximum atomic E-state index is 13.4. The number of hydrogen-bond donors (Lipinski definition) is 1. The Morgan fingerprint density at radius 1 is 1.21 bits per heavy atom. The van der Waals surface area contributed by atoms with Gasteiger partial charge in [-0.1, -0.05) is 0 Å². The lowest BCUT2D eigenvalue weighted by atomic mass is 10.2. The number of anilines is 1. The molecule has 0 radical (unpaired) electrons. The molecule has 0 saturated heterocycles. The molecule has 0 bridgehead atoms. The van der Waals surface area contributed by atoms with Crippen molar-refractivity contribution in [3.8, 4) is 0 Å². The Morgan fingerprint density at radius 2 is 1.88 bits per heavy atom. The standard InChI is InChI=1S/C17H21F2N3OS/c1-12(16-5-4-8-23-16)22(7-6-21(2)3)17(24)20-15-10-13(18)9-14(19)11-15/h4-5,8-12H,6-7H2,1-3H3,(H,20,24)/t12-/m1/s1. The van der Waals surface area contributed by atoms with Crippen LogP contribution < -0.4 is 5.32 Å². The number of halogens is 2. The maximum absolute atomic E-state index is 13.4. The van der Waals surface area contributed by atoms with Crippen LogP contribution in [0.25, 0.3) is 0 Å². The van der Waals surface area contributed by atoms with E-state index in [2.05, 4.69) is 5.32 Å². The van der Waals surface area contributed by atoms with Gasteiger partial charge in [-0.05, 0) is 57.5 Å². The predicted octanol–water partition coefficient (Wildman–Crippen LogP) is 3.88. The van der Waals surface area contributed by atoms with Crippen molar-refractivity contribution in [2.45, 2.75) is 13.0 Å². The summed E-state index contributed by atoms with van der Waals surface area (Å²) in [6.07, 6.45) is 1.61. The summed E-state index contributed by atoms with van der Waals surface area (Å²) in [4.78, 5) is 3.96. The molecule has 2 rings (SSSR count). The SMILES string of the molecule is C[C@H](c1ccco1)N(CCN(C)C)C(=S)Nc1cc(F)cc(F)c1. The Hall–Kier alpha value is -1.99. The van der Waals surface area contributed by atoms with Gasteiger partial charge in [0.05, 0.1) is 12.3 Å². The van der Waals surface area contributed by atoms with E-state index in [1.165, 1.54) is 12.1 Å². The molecule has 1 aromatic carbocycles. The summed E-state index contributed by atoms with van der Waals surface area (Å²) in [5.41, 5.74) is 0.277. The van der Waals surface area contributed by atoms with E-state index in [1.807, 2.05) is 43.0 Å². The summed E-state index contributed by atoms with van der Waals surface area (Å²) >= 11 is 5.46. The molecule has 1 heterocycles. The van der Waals surface area contributed by atoms with Crippen LogP contribution in [-0.4, -0.2) is 42.1 Å². The molecule has 0 amide bonds. The molecule has 0 unspecified atom stereocenters. The zero-order chi connectivity index (χ0) is 17.7. The third kappa shape index (κ3) is 5.01. The highest BCUT2D eigenvalue weighted by Gasteiger charge is 2.21. The van der Waals surface area contributed by atoms with Crippen molar-refractivity contribution in [3.63, 3.8) is 0 Å². The summed E-state index contributed by atoms with van der Waals surface area (Å²) < 4.78 is 32.2. The summed E-state index contributed by atoms with van der Waals surface area (Å²) in [6, 6.07) is 6.81. The Balaban J connectivity index is 2.16. The topological polar surface area (TPSA) is 31.7 Å². The van der Waals surface area contributed by atoms with Crippen LogP contribution in [0.5, 0.6) is 0 Å². The number of hydrogen-bond acceptors (Lipinski definition) is 3. The fraction of sp³-hybridized carbons (Fsp3) is 0.353. The molecule has 0 spiro atoms. The smallest absolute Gasteiger partial charge is 0.174 e. The number of thiocarbonyl (C=S) groups is 1. The second-order valence-corrected chi connectivity index (χ2v) is 6.16. The Kier molecular flexibility index (Phi) is 6.28.